The zero-order valence-electron chi connectivity index (χ0n) is 27.5. The highest BCUT2D eigenvalue weighted by Gasteiger charge is 2.34. The van der Waals surface area contributed by atoms with Gasteiger partial charge >= 0.3 is 11.9 Å². The number of benzene rings is 3. The van der Waals surface area contributed by atoms with Crippen molar-refractivity contribution in [3.63, 3.8) is 0 Å². The summed E-state index contributed by atoms with van der Waals surface area (Å²) in [5, 5.41) is 9.05. The third kappa shape index (κ3) is 8.01. The molecule has 0 saturated heterocycles. The number of nitriles is 1. The molecule has 0 aliphatic carbocycles. The topological polar surface area (TPSA) is 138 Å². The zero-order chi connectivity index (χ0) is 35.9. The van der Waals surface area contributed by atoms with Crippen LogP contribution in [0.1, 0.15) is 49.1 Å². The van der Waals surface area contributed by atoms with Crippen molar-refractivity contribution in [2.75, 3.05) is 26.9 Å². The number of rotatable bonds is 12. The molecule has 4 aromatic rings. The van der Waals surface area contributed by atoms with Crippen LogP contribution in [0.5, 0.6) is 17.2 Å². The first kappa shape index (κ1) is 36.6. The second-order valence-electron chi connectivity index (χ2n) is 10.7. The van der Waals surface area contributed by atoms with Crippen molar-refractivity contribution >= 4 is 61.2 Å². The number of thiazole rings is 1. The fourth-order valence-corrected chi connectivity index (χ4v) is 7.67. The summed E-state index contributed by atoms with van der Waals surface area (Å²) in [7, 11) is 1.27. The Hall–Kier alpha value is -4.71. The van der Waals surface area contributed by atoms with E-state index in [4.69, 9.17) is 24.2 Å². The maximum absolute atomic E-state index is 14.2. The second kappa shape index (κ2) is 16.3. The summed E-state index contributed by atoms with van der Waals surface area (Å²) >= 11 is 8.39. The van der Waals surface area contributed by atoms with E-state index in [-0.39, 0.29) is 31.0 Å². The third-order valence-electron chi connectivity index (χ3n) is 7.46. The average molecular weight is 826 g/mol. The number of nitrogens with zero attached hydrogens (tertiary/aromatic N) is 3. The molecule has 14 heteroatoms. The number of hydrogen-bond acceptors (Lipinski definition) is 11. The van der Waals surface area contributed by atoms with Crippen LogP contribution in [0.15, 0.2) is 84.6 Å². The molecule has 0 bridgehead atoms. The van der Waals surface area contributed by atoms with Crippen LogP contribution in [-0.4, -0.2) is 43.4 Å². The molecule has 11 nitrogen and oxygen atoms in total. The van der Waals surface area contributed by atoms with Gasteiger partial charge in [-0.15, -0.1) is 0 Å². The Labute approximate surface area is 308 Å². The SMILES string of the molecule is CCOC(=O)C1=C(C)N=c2s/c(=C/c3cc(Br)c(OCc4ccc(C#N)cc4)c(Br)c3)c(=O)n2[C@@H]1c1ccc(OCC(=O)OC)c(OCC)c1. The molecule has 0 saturated carbocycles. The minimum atomic E-state index is -0.891. The van der Waals surface area contributed by atoms with Crippen LogP contribution in [0.4, 0.5) is 0 Å². The van der Waals surface area contributed by atoms with Crippen LogP contribution in [0.2, 0.25) is 0 Å². The number of hydrogen-bond donors (Lipinski definition) is 0. The maximum Gasteiger partial charge on any atom is 0.343 e. The van der Waals surface area contributed by atoms with Crippen molar-refractivity contribution in [2.24, 2.45) is 4.99 Å². The van der Waals surface area contributed by atoms with Crippen LogP contribution in [-0.2, 0) is 25.7 Å². The van der Waals surface area contributed by atoms with Crippen molar-refractivity contribution < 1.29 is 33.3 Å². The third-order valence-corrected chi connectivity index (χ3v) is 9.62. The Bertz CT molecular complexity index is 2180. The van der Waals surface area contributed by atoms with Gasteiger partial charge in [0.15, 0.2) is 22.9 Å². The minimum Gasteiger partial charge on any atom is -0.490 e. The molecule has 0 fully saturated rings. The summed E-state index contributed by atoms with van der Waals surface area (Å²) in [6.07, 6.45) is 1.75. The highest BCUT2D eigenvalue weighted by molar-refractivity contribution is 9.11. The molecule has 1 aliphatic heterocycles. The van der Waals surface area contributed by atoms with E-state index in [9.17, 15) is 14.4 Å². The first-order chi connectivity index (χ1) is 24.1. The fourth-order valence-electron chi connectivity index (χ4n) is 5.17. The molecule has 1 aromatic heterocycles. The molecular formula is C36H31Br2N3O8S. The lowest BCUT2D eigenvalue weighted by Gasteiger charge is -2.25. The quantitative estimate of drug-likeness (QED) is 0.164. The van der Waals surface area contributed by atoms with E-state index in [2.05, 4.69) is 47.7 Å². The van der Waals surface area contributed by atoms with Gasteiger partial charge in [0.2, 0.25) is 0 Å². The van der Waals surface area contributed by atoms with E-state index in [1.807, 2.05) is 24.3 Å². The number of methoxy groups -OCH3 is 1. The molecule has 2 heterocycles. The Morgan fingerprint density at radius 3 is 2.36 bits per heavy atom. The number of fused-ring (bicyclic) bond motifs is 1. The highest BCUT2D eigenvalue weighted by Crippen LogP contribution is 2.37. The normalized spacial score (nSPS) is 13.9. The second-order valence-corrected chi connectivity index (χ2v) is 13.4. The molecule has 3 aromatic carbocycles. The monoisotopic (exact) mass is 823 g/mol. The molecule has 1 atom stereocenters. The van der Waals surface area contributed by atoms with Gasteiger partial charge in [0.1, 0.15) is 12.4 Å². The van der Waals surface area contributed by atoms with Gasteiger partial charge in [-0.05, 0) is 112 Å². The largest absolute Gasteiger partial charge is 0.490 e. The van der Waals surface area contributed by atoms with Crippen molar-refractivity contribution in [2.45, 2.75) is 33.4 Å². The summed E-state index contributed by atoms with van der Waals surface area (Å²) in [5.74, 6) is 0.0433. The van der Waals surface area contributed by atoms with Crippen LogP contribution in [0, 0.1) is 11.3 Å². The van der Waals surface area contributed by atoms with Gasteiger partial charge in [-0.1, -0.05) is 29.5 Å². The van der Waals surface area contributed by atoms with Crippen LogP contribution >= 0.6 is 43.2 Å². The number of carbonyl (C=O) groups excluding carboxylic acids is 2. The van der Waals surface area contributed by atoms with Gasteiger partial charge in [0.05, 0.1) is 62.7 Å². The number of esters is 2. The van der Waals surface area contributed by atoms with Gasteiger partial charge in [0.25, 0.3) is 5.56 Å². The summed E-state index contributed by atoms with van der Waals surface area (Å²) in [6, 6.07) is 17.0. The molecule has 0 amide bonds. The molecule has 1 aliphatic rings. The fraction of sp³-hybridized carbons (Fsp3) is 0.250. The first-order valence-corrected chi connectivity index (χ1v) is 17.8. The Morgan fingerprint density at radius 1 is 1.00 bits per heavy atom. The first-order valence-electron chi connectivity index (χ1n) is 15.3. The lowest BCUT2D eigenvalue weighted by molar-refractivity contribution is -0.143. The number of carbonyl (C=O) groups is 2. The predicted octanol–water partition coefficient (Wildman–Crippen LogP) is 5.72. The summed E-state index contributed by atoms with van der Waals surface area (Å²) in [6.45, 7) is 5.61. The Kier molecular flexibility index (Phi) is 11.9. The molecular weight excluding hydrogens is 794 g/mol. The van der Waals surface area contributed by atoms with E-state index in [0.717, 1.165) is 5.56 Å². The number of aromatic nitrogens is 1. The van der Waals surface area contributed by atoms with Crippen molar-refractivity contribution in [1.82, 2.24) is 4.57 Å². The van der Waals surface area contributed by atoms with E-state index >= 15 is 0 Å². The molecule has 258 valence electrons. The van der Waals surface area contributed by atoms with Gasteiger partial charge in [-0.3, -0.25) is 9.36 Å². The molecule has 5 rings (SSSR count). The summed E-state index contributed by atoms with van der Waals surface area (Å²) in [4.78, 5) is 44.4. The van der Waals surface area contributed by atoms with Gasteiger partial charge < -0.3 is 23.7 Å². The minimum absolute atomic E-state index is 0.133. The van der Waals surface area contributed by atoms with Crippen LogP contribution < -0.4 is 29.1 Å². The molecule has 0 radical (unpaired) electrons. The standard InChI is InChI=1S/C36H31Br2N3O8S/c1-5-46-28-16-24(11-12-27(28)48-19-30(42)45-4)32-31(35(44)47-6-2)20(3)40-36-41(32)34(43)29(50-36)15-23-13-25(37)33(26(38)14-23)49-18-22-9-7-21(17-39)8-10-22/h7-16,32H,5-6,18-19H2,1-4H3/b29-15+/t32-/m1/s1. The highest BCUT2D eigenvalue weighted by atomic mass is 79.9. The Morgan fingerprint density at radius 2 is 1.72 bits per heavy atom. The number of ether oxygens (including phenoxy) is 5. The lowest BCUT2D eigenvalue weighted by Crippen LogP contribution is -2.40. The summed E-state index contributed by atoms with van der Waals surface area (Å²) < 4.78 is 30.8. The van der Waals surface area contributed by atoms with E-state index < -0.39 is 18.0 Å². The van der Waals surface area contributed by atoms with Crippen LogP contribution in [0.3, 0.4) is 0 Å². The smallest absolute Gasteiger partial charge is 0.343 e. The molecule has 50 heavy (non-hydrogen) atoms. The molecule has 0 unspecified atom stereocenters. The zero-order valence-corrected chi connectivity index (χ0v) is 31.4. The molecule has 0 N–H and O–H groups in total. The summed E-state index contributed by atoms with van der Waals surface area (Å²) in [5.41, 5.74) is 3.01. The predicted molar refractivity (Wildman–Crippen MR) is 193 cm³/mol. The van der Waals surface area contributed by atoms with E-state index in [1.54, 1.807) is 57.2 Å². The van der Waals surface area contributed by atoms with Crippen molar-refractivity contribution in [1.29, 1.82) is 5.26 Å². The molecule has 0 spiro atoms. The Balaban J connectivity index is 1.55. The number of allylic oxidation sites excluding steroid dienone is 1. The lowest BCUT2D eigenvalue weighted by atomic mass is 9.95. The maximum atomic E-state index is 14.2. The average Bonchev–Trinajstić information content (AvgIpc) is 3.40. The van der Waals surface area contributed by atoms with E-state index in [0.29, 0.717) is 64.5 Å². The number of halogens is 2. The van der Waals surface area contributed by atoms with E-state index in [1.165, 1.54) is 23.0 Å². The van der Waals surface area contributed by atoms with Crippen molar-refractivity contribution in [3.05, 3.63) is 117 Å². The van der Waals surface area contributed by atoms with Gasteiger partial charge in [-0.2, -0.15) is 5.26 Å². The van der Waals surface area contributed by atoms with Gasteiger partial charge in [-0.25, -0.2) is 14.6 Å². The van der Waals surface area contributed by atoms with Gasteiger partial charge in [0, 0.05) is 0 Å². The van der Waals surface area contributed by atoms with Crippen molar-refractivity contribution in [3.8, 4) is 23.3 Å². The van der Waals surface area contributed by atoms with Crippen LogP contribution in [0.25, 0.3) is 6.08 Å².